The van der Waals surface area contributed by atoms with Gasteiger partial charge in [-0.05, 0) is 0 Å². The Morgan fingerprint density at radius 1 is 0.500 bits per heavy atom. The van der Waals surface area contributed by atoms with Gasteiger partial charge >= 0.3 is 180 Å². The second-order valence-electron chi connectivity index (χ2n) is 6.78. The van der Waals surface area contributed by atoms with Crippen molar-refractivity contribution in [2.45, 2.75) is 4.90 Å². The molecule has 0 unspecified atom stereocenters. The van der Waals surface area contributed by atoms with E-state index in [4.69, 9.17) is 0 Å². The SMILES string of the molecule is BrP(CSc1ccccc1)(c1ccccc1)(c1ccccc1)c1ccccc1. The van der Waals surface area contributed by atoms with Gasteiger partial charge in [-0.2, -0.15) is 0 Å². The van der Waals surface area contributed by atoms with Crippen molar-refractivity contribution >= 4 is 48.5 Å². The number of thioether (sulfide) groups is 1. The van der Waals surface area contributed by atoms with Crippen molar-refractivity contribution in [1.82, 2.24) is 0 Å². The van der Waals surface area contributed by atoms with E-state index in [1.54, 1.807) is 0 Å². The molecule has 0 radical (unpaired) electrons. The zero-order chi connectivity index (χ0) is 19.3. The molecular weight excluding hydrogens is 443 g/mol. The number of halogens is 1. The van der Waals surface area contributed by atoms with Crippen LogP contribution in [0.5, 0.6) is 0 Å². The van der Waals surface area contributed by atoms with E-state index < -0.39 is 5.31 Å². The maximum absolute atomic E-state index is 4.48. The summed E-state index contributed by atoms with van der Waals surface area (Å²) in [6.45, 7) is 0. The summed E-state index contributed by atoms with van der Waals surface area (Å²) in [6.07, 6.45) is 0. The molecule has 0 bridgehead atoms. The third-order valence-corrected chi connectivity index (χ3v) is 17.8. The predicted octanol–water partition coefficient (Wildman–Crippen LogP) is 6.58. The molecule has 0 atom stereocenters. The van der Waals surface area contributed by atoms with E-state index in [1.807, 2.05) is 11.8 Å². The van der Waals surface area contributed by atoms with Gasteiger partial charge in [0.05, 0.1) is 0 Å². The van der Waals surface area contributed by atoms with Crippen molar-refractivity contribution in [3.05, 3.63) is 121 Å². The van der Waals surface area contributed by atoms with E-state index in [0.29, 0.717) is 0 Å². The van der Waals surface area contributed by atoms with Gasteiger partial charge in [0.25, 0.3) is 0 Å². The quantitative estimate of drug-likeness (QED) is 0.229. The molecule has 0 aliphatic heterocycles. The average Bonchev–Trinajstić information content (AvgIpc) is 2.80. The van der Waals surface area contributed by atoms with Gasteiger partial charge in [-0.1, -0.05) is 0 Å². The minimum atomic E-state index is -2.84. The zero-order valence-corrected chi connectivity index (χ0v) is 18.8. The molecule has 0 amide bonds. The van der Waals surface area contributed by atoms with Crippen LogP contribution in [-0.2, 0) is 0 Å². The first-order valence-electron chi connectivity index (χ1n) is 9.29. The van der Waals surface area contributed by atoms with Crippen LogP contribution < -0.4 is 15.9 Å². The molecule has 4 aromatic carbocycles. The molecule has 28 heavy (non-hydrogen) atoms. The van der Waals surface area contributed by atoms with Crippen LogP contribution in [0.4, 0.5) is 0 Å². The monoisotopic (exact) mass is 464 g/mol. The van der Waals surface area contributed by atoms with Gasteiger partial charge < -0.3 is 0 Å². The molecule has 4 rings (SSSR count). The number of rotatable bonds is 6. The van der Waals surface area contributed by atoms with Crippen molar-refractivity contribution < 1.29 is 0 Å². The van der Waals surface area contributed by atoms with Gasteiger partial charge in [-0.3, -0.25) is 0 Å². The van der Waals surface area contributed by atoms with Gasteiger partial charge in [-0.15, -0.1) is 0 Å². The van der Waals surface area contributed by atoms with Gasteiger partial charge in [0.1, 0.15) is 0 Å². The van der Waals surface area contributed by atoms with E-state index in [-0.39, 0.29) is 0 Å². The van der Waals surface area contributed by atoms with E-state index in [0.717, 1.165) is 5.49 Å². The second-order valence-corrected chi connectivity index (χ2v) is 17.2. The Labute approximate surface area is 179 Å². The molecule has 0 aliphatic carbocycles. The molecule has 0 saturated heterocycles. The minimum absolute atomic E-state index is 0.952. The van der Waals surface area contributed by atoms with E-state index >= 15 is 0 Å². The summed E-state index contributed by atoms with van der Waals surface area (Å²) in [5.41, 5.74) is 0.952. The van der Waals surface area contributed by atoms with Crippen LogP contribution in [0, 0.1) is 0 Å². The van der Waals surface area contributed by atoms with Crippen LogP contribution in [0.3, 0.4) is 0 Å². The Bertz CT molecular complexity index is 922. The second kappa shape index (κ2) is 8.25. The van der Waals surface area contributed by atoms with E-state index in [1.165, 1.54) is 20.8 Å². The van der Waals surface area contributed by atoms with Crippen LogP contribution >= 0.6 is 32.6 Å². The van der Waals surface area contributed by atoms with Gasteiger partial charge in [0, 0.05) is 0 Å². The summed E-state index contributed by atoms with van der Waals surface area (Å²) in [6, 6.07) is 43.5. The molecule has 0 N–H and O–H groups in total. The number of hydrogen-bond donors (Lipinski definition) is 0. The normalized spacial score (nSPS) is 12.8. The standard InChI is InChI=1S/C25H22BrPS/c26-27(22-13-5-1-6-14-22,23-15-7-2-8-16-23,24-17-9-3-10-18-24)21-28-25-19-11-4-12-20-25/h1-20H,21H2. The summed E-state index contributed by atoms with van der Waals surface area (Å²) in [5, 5.41) is 1.22. The van der Waals surface area contributed by atoms with Crippen LogP contribution in [0.1, 0.15) is 0 Å². The molecule has 4 aromatic rings. The topological polar surface area (TPSA) is 0 Å². The van der Waals surface area contributed by atoms with Crippen molar-refractivity contribution in [3.63, 3.8) is 0 Å². The number of benzene rings is 4. The Kier molecular flexibility index (Phi) is 5.73. The third kappa shape index (κ3) is 3.46. The van der Waals surface area contributed by atoms with Crippen molar-refractivity contribution in [1.29, 1.82) is 0 Å². The molecule has 0 saturated carbocycles. The summed E-state index contributed by atoms with van der Waals surface area (Å²) >= 11 is 6.41. The molecule has 0 fully saturated rings. The fourth-order valence-corrected chi connectivity index (χ4v) is 13.6. The van der Waals surface area contributed by atoms with Crippen molar-refractivity contribution in [2.24, 2.45) is 0 Å². The van der Waals surface area contributed by atoms with E-state index in [2.05, 4.69) is 137 Å². The summed E-state index contributed by atoms with van der Waals surface area (Å²) in [5.74, 6) is 0. The Morgan fingerprint density at radius 3 is 1.18 bits per heavy atom. The molecule has 0 aromatic heterocycles. The fraction of sp³-hybridized carbons (Fsp3) is 0.0400. The third-order valence-electron chi connectivity index (χ3n) is 5.10. The maximum atomic E-state index is 4.48. The van der Waals surface area contributed by atoms with Crippen LogP contribution in [0.25, 0.3) is 0 Å². The van der Waals surface area contributed by atoms with Crippen molar-refractivity contribution in [3.8, 4) is 0 Å². The molecule has 0 spiro atoms. The molecule has 0 heterocycles. The zero-order valence-electron chi connectivity index (χ0n) is 15.5. The summed E-state index contributed by atoms with van der Waals surface area (Å²) < 4.78 is 0. The Balaban J connectivity index is 1.98. The van der Waals surface area contributed by atoms with Crippen LogP contribution in [0.2, 0.25) is 0 Å². The summed E-state index contributed by atoms with van der Waals surface area (Å²) in [7, 11) is 0. The van der Waals surface area contributed by atoms with Crippen LogP contribution in [0.15, 0.2) is 126 Å². The molecule has 0 aliphatic rings. The molecule has 140 valence electrons. The molecular formula is C25H22BrPS. The fourth-order valence-electron chi connectivity index (χ4n) is 3.60. The number of hydrogen-bond acceptors (Lipinski definition) is 1. The van der Waals surface area contributed by atoms with Gasteiger partial charge in [0.15, 0.2) is 0 Å². The Hall–Kier alpha value is -1.86. The average molecular weight is 465 g/mol. The molecule has 3 heteroatoms. The van der Waals surface area contributed by atoms with Gasteiger partial charge in [-0.25, -0.2) is 0 Å². The first kappa shape index (κ1) is 19.5. The first-order valence-corrected chi connectivity index (χ1v) is 14.7. The predicted molar refractivity (Wildman–Crippen MR) is 131 cm³/mol. The van der Waals surface area contributed by atoms with Crippen LogP contribution in [-0.4, -0.2) is 5.49 Å². The Morgan fingerprint density at radius 2 is 0.821 bits per heavy atom. The molecule has 0 nitrogen and oxygen atoms in total. The summed E-state index contributed by atoms with van der Waals surface area (Å²) in [4.78, 5) is 1.29. The van der Waals surface area contributed by atoms with Crippen molar-refractivity contribution in [2.75, 3.05) is 5.49 Å². The first-order chi connectivity index (χ1) is 13.7. The van der Waals surface area contributed by atoms with E-state index in [9.17, 15) is 0 Å². The van der Waals surface area contributed by atoms with Gasteiger partial charge in [0.2, 0.25) is 0 Å².